The van der Waals surface area contributed by atoms with Crippen LogP contribution in [-0.2, 0) is 25.3 Å². The van der Waals surface area contributed by atoms with Crippen molar-refractivity contribution in [1.82, 2.24) is 4.42 Å². The normalized spacial score (nSPS) is 17.8. The summed E-state index contributed by atoms with van der Waals surface area (Å²) in [5.74, 6) is -1.54. The minimum atomic E-state index is -1.54. The van der Waals surface area contributed by atoms with Crippen molar-refractivity contribution in [2.75, 3.05) is 19.8 Å². The second kappa shape index (κ2) is 11.7. The van der Waals surface area contributed by atoms with Crippen LogP contribution in [-0.4, -0.2) is 30.2 Å². The molecule has 0 radical (unpaired) electrons. The molecular weight excluding hydrogens is 530 g/mol. The van der Waals surface area contributed by atoms with Gasteiger partial charge in [-0.05, 0) is 75.6 Å². The van der Waals surface area contributed by atoms with Gasteiger partial charge in [0.2, 0.25) is 0 Å². The second-order valence-electron chi connectivity index (χ2n) is 11.0. The van der Waals surface area contributed by atoms with Gasteiger partial charge in [-0.15, -0.1) is 0 Å². The molecule has 0 spiro atoms. The topological polar surface area (TPSA) is 30.9 Å². The second-order valence-corrected chi connectivity index (χ2v) is 11.4. The first-order chi connectivity index (χ1) is 19.7. The zero-order valence-corrected chi connectivity index (χ0v) is 25.7. The highest BCUT2D eigenvalue weighted by Crippen LogP contribution is 2.59. The predicted octanol–water partition coefficient (Wildman–Crippen LogP) is 8.32. The molecule has 0 amide bonds. The van der Waals surface area contributed by atoms with Crippen molar-refractivity contribution in [2.24, 2.45) is 0 Å². The van der Waals surface area contributed by atoms with Crippen LogP contribution in [0.15, 0.2) is 97.1 Å². The summed E-state index contributed by atoms with van der Waals surface area (Å²) >= 11 is 8.01. The van der Waals surface area contributed by atoms with Crippen molar-refractivity contribution >= 4 is 11.8 Å². The van der Waals surface area contributed by atoms with Gasteiger partial charge in [-0.25, -0.2) is 0 Å². The SMILES string of the molecule is CCOC1(OCC)OCC(c2ccc(C)cc2)(c2ccc(C)cc2)N(Cl)C1(c1ccc(C)cc1)c1ccc(C)cc1. The molecule has 5 rings (SSSR count). The van der Waals surface area contributed by atoms with Crippen LogP contribution in [0.2, 0.25) is 0 Å². The third-order valence-corrected chi connectivity index (χ3v) is 8.75. The van der Waals surface area contributed by atoms with E-state index in [0.29, 0.717) is 13.2 Å². The Balaban J connectivity index is 1.93. The summed E-state index contributed by atoms with van der Waals surface area (Å²) in [4.78, 5) is 0. The standard InChI is InChI=1S/C36H40ClNO3/c1-7-39-36(40-8-2)35(32-21-13-28(5)14-22-32,33-23-15-29(6)16-24-33)38(37)34(25-41-36,30-17-9-26(3)10-18-30)31-19-11-27(4)12-20-31/h9-24H,7-8,25H2,1-6H3. The first-order valence-corrected chi connectivity index (χ1v) is 14.7. The van der Waals surface area contributed by atoms with Crippen LogP contribution >= 0.6 is 11.8 Å². The molecule has 0 bridgehead atoms. The Morgan fingerprint density at radius 3 is 1.22 bits per heavy atom. The number of benzene rings is 4. The summed E-state index contributed by atoms with van der Waals surface area (Å²) in [6, 6.07) is 34.0. The van der Waals surface area contributed by atoms with Gasteiger partial charge in [0.05, 0.1) is 6.61 Å². The molecule has 0 atom stereocenters. The third kappa shape index (κ3) is 4.82. The van der Waals surface area contributed by atoms with Gasteiger partial charge in [-0.2, -0.15) is 4.42 Å². The van der Waals surface area contributed by atoms with Crippen LogP contribution in [0.1, 0.15) is 58.4 Å². The summed E-state index contributed by atoms with van der Waals surface area (Å²) in [5, 5.41) is 0. The minimum absolute atomic E-state index is 0.210. The molecule has 4 nitrogen and oxygen atoms in total. The Morgan fingerprint density at radius 2 is 0.902 bits per heavy atom. The first-order valence-electron chi connectivity index (χ1n) is 14.4. The van der Waals surface area contributed by atoms with E-state index in [1.165, 1.54) is 11.1 Å². The van der Waals surface area contributed by atoms with Gasteiger partial charge in [-0.1, -0.05) is 119 Å². The molecule has 4 aromatic rings. The molecule has 0 unspecified atom stereocenters. The van der Waals surface area contributed by atoms with Gasteiger partial charge in [0.25, 0.3) is 0 Å². The summed E-state index contributed by atoms with van der Waals surface area (Å²) in [6.07, 6.45) is 0. The molecule has 1 aliphatic heterocycles. The first kappa shape index (κ1) is 29.5. The van der Waals surface area contributed by atoms with E-state index in [-0.39, 0.29) is 6.61 Å². The Labute approximate surface area is 249 Å². The van der Waals surface area contributed by atoms with Gasteiger partial charge >= 0.3 is 5.97 Å². The smallest absolute Gasteiger partial charge is 0.312 e. The number of morpholine rings is 1. The van der Waals surface area contributed by atoms with Crippen LogP contribution in [0.5, 0.6) is 0 Å². The minimum Gasteiger partial charge on any atom is -0.326 e. The molecule has 0 saturated carbocycles. The Bertz CT molecular complexity index is 1350. The summed E-state index contributed by atoms with van der Waals surface area (Å²) in [5.41, 5.74) is 6.39. The molecule has 5 heteroatoms. The van der Waals surface area contributed by atoms with Gasteiger partial charge in [-0.3, -0.25) is 0 Å². The molecule has 214 valence electrons. The molecular formula is C36H40ClNO3. The van der Waals surface area contributed by atoms with Crippen LogP contribution in [0.25, 0.3) is 0 Å². The fraction of sp³-hybridized carbons (Fsp3) is 0.333. The molecule has 0 aromatic heterocycles. The number of rotatable bonds is 8. The lowest BCUT2D eigenvalue weighted by Gasteiger charge is -2.61. The van der Waals surface area contributed by atoms with Crippen molar-refractivity contribution in [1.29, 1.82) is 0 Å². The quantitative estimate of drug-likeness (QED) is 0.158. The Kier molecular flexibility index (Phi) is 8.43. The highest BCUT2D eigenvalue weighted by atomic mass is 35.5. The average molecular weight is 570 g/mol. The van der Waals surface area contributed by atoms with Crippen molar-refractivity contribution < 1.29 is 14.2 Å². The van der Waals surface area contributed by atoms with E-state index in [1.54, 1.807) is 0 Å². The lowest BCUT2D eigenvalue weighted by Crippen LogP contribution is -2.73. The molecule has 1 fully saturated rings. The fourth-order valence-corrected chi connectivity index (χ4v) is 6.58. The van der Waals surface area contributed by atoms with Crippen molar-refractivity contribution in [3.63, 3.8) is 0 Å². The van der Waals surface area contributed by atoms with Crippen LogP contribution in [0.3, 0.4) is 0 Å². The van der Waals surface area contributed by atoms with Crippen molar-refractivity contribution in [2.45, 2.75) is 58.6 Å². The van der Waals surface area contributed by atoms with E-state index in [9.17, 15) is 0 Å². The molecule has 0 N–H and O–H groups in total. The highest BCUT2D eigenvalue weighted by molar-refractivity contribution is 6.15. The van der Waals surface area contributed by atoms with Crippen LogP contribution < -0.4 is 0 Å². The Hall–Kier alpha value is -2.99. The van der Waals surface area contributed by atoms with Crippen molar-refractivity contribution in [3.8, 4) is 0 Å². The zero-order valence-electron chi connectivity index (χ0n) is 24.9. The maximum absolute atomic E-state index is 8.01. The van der Waals surface area contributed by atoms with E-state index in [2.05, 4.69) is 125 Å². The van der Waals surface area contributed by atoms with E-state index < -0.39 is 17.1 Å². The monoisotopic (exact) mass is 569 g/mol. The molecule has 1 aliphatic rings. The number of hydrogen-bond acceptors (Lipinski definition) is 4. The number of ether oxygens (including phenoxy) is 3. The van der Waals surface area contributed by atoms with E-state index in [4.69, 9.17) is 26.0 Å². The Morgan fingerprint density at radius 1 is 0.585 bits per heavy atom. The maximum atomic E-state index is 8.01. The summed E-state index contributed by atoms with van der Waals surface area (Å²) < 4.78 is 22.1. The zero-order chi connectivity index (χ0) is 29.3. The van der Waals surface area contributed by atoms with E-state index in [0.717, 1.165) is 33.4 Å². The number of halogens is 1. The van der Waals surface area contributed by atoms with Gasteiger partial charge < -0.3 is 14.2 Å². The molecule has 4 aromatic carbocycles. The number of aryl methyl sites for hydroxylation is 4. The van der Waals surface area contributed by atoms with Gasteiger partial charge in [0.1, 0.15) is 5.54 Å². The lowest BCUT2D eigenvalue weighted by atomic mass is 9.72. The third-order valence-electron chi connectivity index (χ3n) is 8.21. The number of hydrogen-bond donors (Lipinski definition) is 0. The maximum Gasteiger partial charge on any atom is 0.312 e. The molecule has 1 saturated heterocycles. The predicted molar refractivity (Wildman–Crippen MR) is 166 cm³/mol. The largest absolute Gasteiger partial charge is 0.326 e. The lowest BCUT2D eigenvalue weighted by molar-refractivity contribution is -0.445. The van der Waals surface area contributed by atoms with Crippen LogP contribution in [0.4, 0.5) is 0 Å². The summed E-state index contributed by atoms with van der Waals surface area (Å²) in [6.45, 7) is 13.2. The van der Waals surface area contributed by atoms with Crippen molar-refractivity contribution in [3.05, 3.63) is 142 Å². The molecule has 41 heavy (non-hydrogen) atoms. The van der Waals surface area contributed by atoms with E-state index in [1.807, 2.05) is 18.3 Å². The van der Waals surface area contributed by atoms with Gasteiger partial charge in [0.15, 0.2) is 5.54 Å². The van der Waals surface area contributed by atoms with Gasteiger partial charge in [0, 0.05) is 13.2 Å². The molecule has 1 heterocycles. The average Bonchev–Trinajstić information content (AvgIpc) is 2.97. The fourth-order valence-electron chi connectivity index (χ4n) is 6.04. The highest BCUT2D eigenvalue weighted by Gasteiger charge is 2.70. The summed E-state index contributed by atoms with van der Waals surface area (Å²) in [7, 11) is 0. The number of nitrogens with zero attached hydrogens (tertiary/aromatic N) is 1. The van der Waals surface area contributed by atoms with E-state index >= 15 is 0 Å². The van der Waals surface area contributed by atoms with Crippen LogP contribution in [0, 0.1) is 27.7 Å². The molecule has 0 aliphatic carbocycles.